The van der Waals surface area contributed by atoms with Crippen LogP contribution in [0.3, 0.4) is 0 Å². The van der Waals surface area contributed by atoms with Gasteiger partial charge in [-0.25, -0.2) is 8.42 Å². The first-order chi connectivity index (χ1) is 15.3. The molecule has 1 aliphatic rings. The Bertz CT molecular complexity index is 1080. The number of hydrazine groups is 1. The molecule has 0 radical (unpaired) electrons. The molecule has 1 fully saturated rings. The standard InChI is InChI=1S/C22H26ClN3O5S/c1-31-19-9-5-4-8-18(19)26-32(29,30)20-14-16(11-12-17(20)23)22(28)25-24-21(27)13-10-15-6-2-3-7-15/h4-5,8-9,11-12,14-15,26H,2-3,6-7,10,13H2,1H3,(H,24,27)(H,25,28). The molecule has 0 bridgehead atoms. The summed E-state index contributed by atoms with van der Waals surface area (Å²) < 4.78 is 33.4. The SMILES string of the molecule is COc1ccccc1NS(=O)(=O)c1cc(C(=O)NNC(=O)CCC2CCCC2)ccc1Cl. The monoisotopic (exact) mass is 479 g/mol. The predicted octanol–water partition coefficient (Wildman–Crippen LogP) is 3.88. The minimum atomic E-state index is -4.11. The second-order valence-corrected chi connectivity index (χ2v) is 9.70. The largest absolute Gasteiger partial charge is 0.495 e. The van der Waals surface area contributed by atoms with E-state index < -0.39 is 15.9 Å². The Kier molecular flexibility index (Phi) is 7.98. The third kappa shape index (κ3) is 6.14. The molecule has 0 aromatic heterocycles. The van der Waals surface area contributed by atoms with Crippen molar-refractivity contribution in [1.82, 2.24) is 10.9 Å². The van der Waals surface area contributed by atoms with Crippen LogP contribution in [-0.2, 0) is 14.8 Å². The van der Waals surface area contributed by atoms with Gasteiger partial charge in [-0.05, 0) is 42.7 Å². The van der Waals surface area contributed by atoms with E-state index in [0.29, 0.717) is 18.1 Å². The first-order valence-corrected chi connectivity index (χ1v) is 12.2. The van der Waals surface area contributed by atoms with Crippen LogP contribution in [0.15, 0.2) is 47.4 Å². The molecule has 2 aromatic carbocycles. The van der Waals surface area contributed by atoms with Gasteiger partial charge in [-0.15, -0.1) is 0 Å². The minimum absolute atomic E-state index is 0.0332. The molecular formula is C22H26ClN3O5S. The van der Waals surface area contributed by atoms with Crippen LogP contribution in [0, 0.1) is 5.92 Å². The van der Waals surface area contributed by atoms with Crippen molar-refractivity contribution in [3.05, 3.63) is 53.1 Å². The van der Waals surface area contributed by atoms with Crippen LogP contribution in [0.5, 0.6) is 5.75 Å². The third-order valence-electron chi connectivity index (χ3n) is 5.40. The molecule has 8 nitrogen and oxygen atoms in total. The fourth-order valence-corrected chi connectivity index (χ4v) is 5.27. The Morgan fingerprint density at radius 3 is 2.53 bits per heavy atom. The Balaban J connectivity index is 1.66. The quantitative estimate of drug-likeness (QED) is 0.497. The Labute approximate surface area is 192 Å². The third-order valence-corrected chi connectivity index (χ3v) is 7.25. The zero-order chi connectivity index (χ0) is 23.1. The molecule has 0 heterocycles. The Morgan fingerprint density at radius 2 is 1.81 bits per heavy atom. The van der Waals surface area contributed by atoms with Gasteiger partial charge >= 0.3 is 0 Å². The van der Waals surface area contributed by atoms with Crippen LogP contribution in [0.4, 0.5) is 5.69 Å². The summed E-state index contributed by atoms with van der Waals surface area (Å²) >= 11 is 6.10. The number of para-hydroxylation sites is 2. The summed E-state index contributed by atoms with van der Waals surface area (Å²) in [5.74, 6) is -0.0350. The number of carbonyl (C=O) groups is 2. The summed E-state index contributed by atoms with van der Waals surface area (Å²) in [6.45, 7) is 0. The van der Waals surface area contributed by atoms with E-state index in [1.807, 2.05) is 0 Å². The molecule has 10 heteroatoms. The van der Waals surface area contributed by atoms with Gasteiger partial charge in [0.1, 0.15) is 10.6 Å². The number of hydrogen-bond acceptors (Lipinski definition) is 5. The highest BCUT2D eigenvalue weighted by Crippen LogP contribution is 2.30. The topological polar surface area (TPSA) is 114 Å². The van der Waals surface area contributed by atoms with E-state index in [-0.39, 0.29) is 27.1 Å². The van der Waals surface area contributed by atoms with Crippen LogP contribution in [-0.4, -0.2) is 27.3 Å². The fourth-order valence-electron chi connectivity index (χ4n) is 3.67. The number of hydrogen-bond donors (Lipinski definition) is 3. The van der Waals surface area contributed by atoms with Crippen LogP contribution in [0.2, 0.25) is 5.02 Å². The Hall–Kier alpha value is -2.78. The lowest BCUT2D eigenvalue weighted by molar-refractivity contribution is -0.122. The van der Waals surface area contributed by atoms with Gasteiger partial charge in [0.15, 0.2) is 0 Å². The number of halogens is 1. The summed E-state index contributed by atoms with van der Waals surface area (Å²) in [6.07, 6.45) is 5.82. The molecule has 1 saturated carbocycles. The number of benzene rings is 2. The number of anilines is 1. The normalized spacial score (nSPS) is 14.1. The van der Waals surface area contributed by atoms with E-state index in [1.165, 1.54) is 32.1 Å². The molecule has 1 aliphatic carbocycles. The smallest absolute Gasteiger partial charge is 0.269 e. The van der Waals surface area contributed by atoms with E-state index in [1.54, 1.807) is 24.3 Å². The van der Waals surface area contributed by atoms with Crippen molar-refractivity contribution in [2.45, 2.75) is 43.4 Å². The maximum Gasteiger partial charge on any atom is 0.269 e. The highest BCUT2D eigenvalue weighted by molar-refractivity contribution is 7.92. The van der Waals surface area contributed by atoms with Crippen LogP contribution in [0.25, 0.3) is 0 Å². The maximum absolute atomic E-state index is 12.9. The van der Waals surface area contributed by atoms with Crippen molar-refractivity contribution in [3.63, 3.8) is 0 Å². The van der Waals surface area contributed by atoms with Gasteiger partial charge in [-0.3, -0.25) is 25.2 Å². The molecule has 2 amide bonds. The second-order valence-electron chi connectivity index (χ2n) is 7.64. The highest BCUT2D eigenvalue weighted by Gasteiger charge is 2.22. The van der Waals surface area contributed by atoms with Gasteiger partial charge in [-0.2, -0.15) is 0 Å². The highest BCUT2D eigenvalue weighted by atomic mass is 35.5. The van der Waals surface area contributed by atoms with E-state index in [0.717, 1.165) is 25.3 Å². The number of ether oxygens (including phenoxy) is 1. The number of nitrogens with one attached hydrogen (secondary N) is 3. The molecule has 0 aliphatic heterocycles. The molecule has 3 N–H and O–H groups in total. The molecule has 0 unspecified atom stereocenters. The van der Waals surface area contributed by atoms with E-state index >= 15 is 0 Å². The predicted molar refractivity (Wildman–Crippen MR) is 122 cm³/mol. The number of amides is 2. The summed E-state index contributed by atoms with van der Waals surface area (Å²) in [4.78, 5) is 24.2. The van der Waals surface area contributed by atoms with E-state index in [9.17, 15) is 18.0 Å². The van der Waals surface area contributed by atoms with Crippen molar-refractivity contribution in [2.75, 3.05) is 11.8 Å². The number of methoxy groups -OCH3 is 1. The van der Waals surface area contributed by atoms with Gasteiger partial charge in [0.05, 0.1) is 17.8 Å². The molecule has 0 atom stereocenters. The summed E-state index contributed by atoms with van der Waals surface area (Å²) in [5, 5.41) is -0.0513. The zero-order valence-corrected chi connectivity index (χ0v) is 19.3. The zero-order valence-electron chi connectivity index (χ0n) is 17.7. The summed E-state index contributed by atoms with van der Waals surface area (Å²) in [6, 6.07) is 10.4. The maximum atomic E-state index is 12.9. The van der Waals surface area contributed by atoms with Crippen LogP contribution in [0.1, 0.15) is 48.9 Å². The van der Waals surface area contributed by atoms with Crippen molar-refractivity contribution >= 4 is 39.1 Å². The molecule has 3 rings (SSSR count). The van der Waals surface area contributed by atoms with Crippen molar-refractivity contribution in [2.24, 2.45) is 5.92 Å². The van der Waals surface area contributed by atoms with Crippen LogP contribution < -0.4 is 20.3 Å². The Morgan fingerprint density at radius 1 is 1.09 bits per heavy atom. The molecule has 32 heavy (non-hydrogen) atoms. The van der Waals surface area contributed by atoms with E-state index in [2.05, 4.69) is 15.6 Å². The number of rotatable bonds is 8. The number of carbonyl (C=O) groups excluding carboxylic acids is 2. The molecule has 0 spiro atoms. The average molecular weight is 480 g/mol. The summed E-state index contributed by atoms with van der Waals surface area (Å²) in [7, 11) is -2.69. The van der Waals surface area contributed by atoms with Crippen molar-refractivity contribution in [1.29, 1.82) is 0 Å². The lowest BCUT2D eigenvalue weighted by atomic mass is 10.0. The van der Waals surface area contributed by atoms with Crippen molar-refractivity contribution < 1.29 is 22.7 Å². The minimum Gasteiger partial charge on any atom is -0.495 e. The van der Waals surface area contributed by atoms with Gasteiger partial charge in [-0.1, -0.05) is 49.4 Å². The summed E-state index contributed by atoms with van der Waals surface area (Å²) in [5.41, 5.74) is 4.97. The fraction of sp³-hybridized carbons (Fsp3) is 0.364. The molecule has 172 valence electrons. The van der Waals surface area contributed by atoms with Gasteiger partial charge in [0, 0.05) is 12.0 Å². The lowest BCUT2D eigenvalue weighted by Gasteiger charge is -2.14. The van der Waals surface area contributed by atoms with Gasteiger partial charge in [0.2, 0.25) is 5.91 Å². The van der Waals surface area contributed by atoms with Gasteiger partial charge in [0.25, 0.3) is 15.9 Å². The van der Waals surface area contributed by atoms with E-state index in [4.69, 9.17) is 16.3 Å². The van der Waals surface area contributed by atoms with Crippen molar-refractivity contribution in [3.8, 4) is 5.75 Å². The lowest BCUT2D eigenvalue weighted by Crippen LogP contribution is -2.41. The first-order valence-electron chi connectivity index (χ1n) is 10.3. The van der Waals surface area contributed by atoms with Gasteiger partial charge < -0.3 is 4.74 Å². The molecular weight excluding hydrogens is 454 g/mol. The number of sulfonamides is 1. The first kappa shape index (κ1) is 23.9. The molecule has 0 saturated heterocycles. The average Bonchev–Trinajstić information content (AvgIpc) is 3.30. The second kappa shape index (κ2) is 10.7. The van der Waals surface area contributed by atoms with Crippen LogP contribution >= 0.6 is 11.6 Å². The molecule has 2 aromatic rings.